The molecule has 1 saturated heterocycles. The first-order valence-corrected chi connectivity index (χ1v) is 6.09. The van der Waals surface area contributed by atoms with Crippen LogP contribution in [0.5, 0.6) is 0 Å². The number of likely N-dealkylation sites (N-methyl/N-ethyl adjacent to an activating group) is 1. The number of morpholine rings is 1. The van der Waals surface area contributed by atoms with Crippen LogP contribution < -0.4 is 10.6 Å². The summed E-state index contributed by atoms with van der Waals surface area (Å²) < 4.78 is 5.14. The van der Waals surface area contributed by atoms with E-state index in [4.69, 9.17) is 9.84 Å². The summed E-state index contributed by atoms with van der Waals surface area (Å²) in [4.78, 5) is 35.6. The molecule has 1 fully saturated rings. The van der Waals surface area contributed by atoms with Crippen LogP contribution in [0.2, 0.25) is 0 Å². The van der Waals surface area contributed by atoms with E-state index >= 15 is 0 Å². The van der Waals surface area contributed by atoms with E-state index in [1.54, 1.807) is 0 Å². The number of hydrogen-bond donors (Lipinski definition) is 4. The van der Waals surface area contributed by atoms with Crippen molar-refractivity contribution in [2.45, 2.75) is 18.6 Å². The van der Waals surface area contributed by atoms with Gasteiger partial charge < -0.3 is 30.5 Å². The zero-order chi connectivity index (χ0) is 15.3. The number of carboxylic acids is 1. The molecule has 1 aliphatic rings. The van der Waals surface area contributed by atoms with Crippen molar-refractivity contribution in [1.29, 1.82) is 0 Å². The first-order chi connectivity index (χ1) is 9.29. The molecule has 2 unspecified atom stereocenters. The van der Waals surface area contributed by atoms with Gasteiger partial charge in [0, 0.05) is 13.6 Å². The molecule has 0 bridgehead atoms. The Balaban J connectivity index is 2.64. The van der Waals surface area contributed by atoms with Gasteiger partial charge in [-0.25, -0.2) is 9.59 Å². The Kier molecular flexibility index (Phi) is 5.28. The largest absolute Gasteiger partial charge is 0.479 e. The minimum absolute atomic E-state index is 0.0718. The third-order valence-electron chi connectivity index (χ3n) is 2.98. The van der Waals surface area contributed by atoms with Crippen molar-refractivity contribution >= 4 is 17.9 Å². The molecule has 9 nitrogen and oxygen atoms in total. The summed E-state index contributed by atoms with van der Waals surface area (Å²) in [7, 11) is 1.45. The quantitative estimate of drug-likeness (QED) is 0.473. The lowest BCUT2D eigenvalue weighted by Crippen LogP contribution is -2.59. The number of nitrogens with zero attached hydrogens (tertiary/aromatic N) is 1. The molecule has 20 heavy (non-hydrogen) atoms. The number of nitrogens with one attached hydrogen (secondary N) is 2. The molecule has 0 spiro atoms. The van der Waals surface area contributed by atoms with Crippen molar-refractivity contribution in [1.82, 2.24) is 15.5 Å². The Morgan fingerprint density at radius 2 is 2.10 bits per heavy atom. The van der Waals surface area contributed by atoms with Crippen LogP contribution in [0.3, 0.4) is 0 Å². The second-order valence-electron chi connectivity index (χ2n) is 4.64. The molecular weight excluding hydrogens is 270 g/mol. The van der Waals surface area contributed by atoms with Crippen LogP contribution in [0, 0.1) is 0 Å². The molecule has 0 radical (unpaired) electrons. The lowest BCUT2D eigenvalue weighted by molar-refractivity contribution is -0.155. The first-order valence-electron chi connectivity index (χ1n) is 6.09. The molecule has 3 amide bonds. The van der Waals surface area contributed by atoms with Gasteiger partial charge in [-0.3, -0.25) is 4.79 Å². The molecule has 1 heterocycles. The molecule has 0 saturated carbocycles. The van der Waals surface area contributed by atoms with Crippen LogP contribution >= 0.6 is 0 Å². The topological polar surface area (TPSA) is 128 Å². The van der Waals surface area contributed by atoms with Gasteiger partial charge in [-0.15, -0.1) is 0 Å². The molecule has 2 atom stereocenters. The molecule has 0 aromatic rings. The number of aliphatic hydroxyl groups is 1. The van der Waals surface area contributed by atoms with E-state index in [1.165, 1.54) is 11.9 Å². The van der Waals surface area contributed by atoms with Gasteiger partial charge in [-0.2, -0.15) is 0 Å². The van der Waals surface area contributed by atoms with E-state index in [9.17, 15) is 19.5 Å². The summed E-state index contributed by atoms with van der Waals surface area (Å²) in [5, 5.41) is 23.0. The van der Waals surface area contributed by atoms with Gasteiger partial charge in [-0.05, 0) is 6.92 Å². The Hall–Kier alpha value is -1.87. The third-order valence-corrected chi connectivity index (χ3v) is 2.98. The smallest absolute Gasteiger partial charge is 0.337 e. The summed E-state index contributed by atoms with van der Waals surface area (Å²) in [6.45, 7) is 1.18. The number of ether oxygens (including phenoxy) is 1. The van der Waals surface area contributed by atoms with Crippen LogP contribution in [0.1, 0.15) is 6.92 Å². The molecule has 0 aromatic heterocycles. The van der Waals surface area contributed by atoms with E-state index in [0.29, 0.717) is 0 Å². The highest BCUT2D eigenvalue weighted by molar-refractivity contribution is 5.87. The van der Waals surface area contributed by atoms with Crippen LogP contribution in [-0.4, -0.2) is 78.0 Å². The van der Waals surface area contributed by atoms with Crippen LogP contribution in [0.4, 0.5) is 4.79 Å². The maximum Gasteiger partial charge on any atom is 0.337 e. The van der Waals surface area contributed by atoms with Crippen molar-refractivity contribution in [3.8, 4) is 0 Å². The monoisotopic (exact) mass is 289 g/mol. The van der Waals surface area contributed by atoms with E-state index in [1.807, 2.05) is 0 Å². The molecule has 114 valence electrons. The Labute approximate surface area is 115 Å². The van der Waals surface area contributed by atoms with Crippen molar-refractivity contribution in [2.24, 2.45) is 0 Å². The van der Waals surface area contributed by atoms with Gasteiger partial charge in [0.15, 0.2) is 5.60 Å². The Morgan fingerprint density at radius 1 is 1.45 bits per heavy atom. The van der Waals surface area contributed by atoms with Crippen LogP contribution in [-0.2, 0) is 14.3 Å². The molecule has 9 heteroatoms. The highest BCUT2D eigenvalue weighted by Crippen LogP contribution is 2.08. The molecule has 1 rings (SSSR count). The molecule has 4 N–H and O–H groups in total. The van der Waals surface area contributed by atoms with E-state index in [-0.39, 0.29) is 25.7 Å². The number of hydrogen-bond acceptors (Lipinski definition) is 5. The van der Waals surface area contributed by atoms with Gasteiger partial charge in [0.2, 0.25) is 5.91 Å². The summed E-state index contributed by atoms with van der Waals surface area (Å²) in [5.74, 6) is -1.81. The number of urea groups is 1. The zero-order valence-corrected chi connectivity index (χ0v) is 11.4. The lowest BCUT2D eigenvalue weighted by Gasteiger charge is -2.34. The number of carbonyl (C=O) groups excluding carboxylic acids is 2. The van der Waals surface area contributed by atoms with Gasteiger partial charge in [0.25, 0.3) is 0 Å². The second kappa shape index (κ2) is 6.53. The first kappa shape index (κ1) is 16.2. The Bertz CT molecular complexity index is 398. The van der Waals surface area contributed by atoms with Crippen LogP contribution in [0.25, 0.3) is 0 Å². The van der Waals surface area contributed by atoms with Crippen molar-refractivity contribution in [2.75, 3.05) is 33.4 Å². The fourth-order valence-electron chi connectivity index (χ4n) is 1.66. The van der Waals surface area contributed by atoms with Crippen molar-refractivity contribution in [3.63, 3.8) is 0 Å². The minimum Gasteiger partial charge on any atom is -0.479 e. The fraction of sp³-hybridized carbons (Fsp3) is 0.727. The van der Waals surface area contributed by atoms with Crippen LogP contribution in [0.15, 0.2) is 0 Å². The highest BCUT2D eigenvalue weighted by Gasteiger charge is 2.35. The number of amides is 3. The zero-order valence-electron chi connectivity index (χ0n) is 11.4. The van der Waals surface area contributed by atoms with E-state index < -0.39 is 30.2 Å². The fourth-order valence-corrected chi connectivity index (χ4v) is 1.66. The van der Waals surface area contributed by atoms with Gasteiger partial charge in [0.05, 0.1) is 19.8 Å². The number of rotatable bonds is 4. The Morgan fingerprint density at radius 3 is 2.65 bits per heavy atom. The molecular formula is C11H19N3O6. The normalized spacial score (nSPS) is 21.8. The third kappa shape index (κ3) is 3.81. The molecule has 1 aliphatic heterocycles. The maximum atomic E-state index is 12.0. The maximum absolute atomic E-state index is 12.0. The van der Waals surface area contributed by atoms with E-state index in [0.717, 1.165) is 6.92 Å². The second-order valence-corrected chi connectivity index (χ2v) is 4.64. The van der Waals surface area contributed by atoms with Crippen molar-refractivity contribution < 1.29 is 29.3 Å². The van der Waals surface area contributed by atoms with Gasteiger partial charge in [-0.1, -0.05) is 0 Å². The molecule has 0 aromatic carbocycles. The summed E-state index contributed by atoms with van der Waals surface area (Å²) in [5.41, 5.74) is -2.07. The minimum atomic E-state index is -2.07. The average molecular weight is 289 g/mol. The van der Waals surface area contributed by atoms with Gasteiger partial charge in [0.1, 0.15) is 6.04 Å². The predicted molar refractivity (Wildman–Crippen MR) is 67.0 cm³/mol. The predicted octanol–water partition coefficient (Wildman–Crippen LogP) is -2.02. The highest BCUT2D eigenvalue weighted by atomic mass is 16.5. The lowest BCUT2D eigenvalue weighted by atomic mass is 10.1. The summed E-state index contributed by atoms with van der Waals surface area (Å²) >= 11 is 0. The number of carboxylic acid groups (broad SMARTS) is 1. The standard InChI is InChI=1S/C11H19N3O6/c1-11(19,9(16)17)6-13-10(18)14-3-4-20-5-7(14)8(15)12-2/h7,19H,3-6H2,1-2H3,(H,12,15)(H,13,18)(H,16,17). The summed E-state index contributed by atoms with van der Waals surface area (Å²) in [6, 6.07) is -1.40. The average Bonchev–Trinajstić information content (AvgIpc) is 2.43. The van der Waals surface area contributed by atoms with Gasteiger partial charge >= 0.3 is 12.0 Å². The van der Waals surface area contributed by atoms with E-state index in [2.05, 4.69) is 10.6 Å². The SMILES string of the molecule is CNC(=O)C1COCCN1C(=O)NCC(C)(O)C(=O)O. The number of carbonyl (C=O) groups is 3. The number of aliphatic carboxylic acids is 1. The molecule has 0 aliphatic carbocycles. The van der Waals surface area contributed by atoms with Crippen molar-refractivity contribution in [3.05, 3.63) is 0 Å². The summed E-state index contributed by atoms with van der Waals surface area (Å²) in [6.07, 6.45) is 0.